The van der Waals surface area contributed by atoms with Crippen LogP contribution >= 0.6 is 0 Å². The monoisotopic (exact) mass is 381 g/mol. The van der Waals surface area contributed by atoms with Gasteiger partial charge < -0.3 is 14.2 Å². The molecule has 1 fully saturated rings. The number of piperidine rings is 1. The molecular weight excluding hydrogens is 362 g/mol. The zero-order chi connectivity index (χ0) is 18.4. The zero-order valence-corrected chi connectivity index (χ0v) is 15.4. The second kappa shape index (κ2) is 6.25. The number of hydrogen-bond donors (Lipinski definition) is 1. The maximum Gasteiger partial charge on any atom is 0.339 e. The van der Waals surface area contributed by atoms with Gasteiger partial charge in [-0.2, -0.15) is 8.42 Å². The van der Waals surface area contributed by atoms with Crippen molar-refractivity contribution in [3.63, 3.8) is 0 Å². The molecule has 138 valence electrons. The highest BCUT2D eigenvalue weighted by atomic mass is 32.2. The summed E-state index contributed by atoms with van der Waals surface area (Å²) in [5, 5.41) is 4.85. The Kier molecular flexibility index (Phi) is 3.84. The summed E-state index contributed by atoms with van der Waals surface area (Å²) < 4.78 is 37.3. The number of ether oxygens (including phenoxy) is 1. The molecule has 0 amide bonds. The van der Waals surface area contributed by atoms with Gasteiger partial charge in [0.15, 0.2) is 0 Å². The second-order valence-corrected chi connectivity index (χ2v) is 8.48. The Morgan fingerprint density at radius 1 is 1.04 bits per heavy atom. The summed E-state index contributed by atoms with van der Waals surface area (Å²) in [6, 6.07) is 17.9. The Labute approximate surface area is 158 Å². The van der Waals surface area contributed by atoms with E-state index in [2.05, 4.69) is 5.32 Å². The van der Waals surface area contributed by atoms with Crippen molar-refractivity contribution >= 4 is 20.9 Å². The Balaban J connectivity index is 1.50. The highest BCUT2D eigenvalue weighted by Gasteiger charge is 2.36. The molecule has 0 spiro atoms. The third-order valence-corrected chi connectivity index (χ3v) is 6.62. The first kappa shape index (κ1) is 16.6. The summed E-state index contributed by atoms with van der Waals surface area (Å²) in [6.07, 6.45) is 1.08. The Bertz CT molecular complexity index is 1120. The van der Waals surface area contributed by atoms with E-state index in [1.165, 1.54) is 0 Å². The molecule has 5 rings (SSSR count). The van der Waals surface area contributed by atoms with Crippen LogP contribution in [0.25, 0.3) is 10.8 Å². The van der Waals surface area contributed by atoms with Crippen LogP contribution in [0.5, 0.6) is 11.5 Å². The van der Waals surface area contributed by atoms with E-state index in [1.54, 1.807) is 24.3 Å². The molecule has 0 aromatic heterocycles. The normalized spacial score (nSPS) is 21.3. The molecule has 3 aromatic carbocycles. The molecule has 0 aliphatic carbocycles. The fraction of sp³-hybridized carbons (Fsp3) is 0.238. The van der Waals surface area contributed by atoms with Crippen LogP contribution in [-0.4, -0.2) is 27.6 Å². The van der Waals surface area contributed by atoms with Crippen LogP contribution in [0.1, 0.15) is 17.9 Å². The molecule has 2 atom stereocenters. The van der Waals surface area contributed by atoms with Gasteiger partial charge in [0.25, 0.3) is 0 Å². The minimum absolute atomic E-state index is 0.110. The van der Waals surface area contributed by atoms with E-state index in [4.69, 9.17) is 8.92 Å². The Morgan fingerprint density at radius 2 is 1.89 bits per heavy atom. The van der Waals surface area contributed by atoms with Crippen LogP contribution in [0, 0.1) is 0 Å². The lowest BCUT2D eigenvalue weighted by molar-refractivity contribution is 0.177. The van der Waals surface area contributed by atoms with E-state index in [0.29, 0.717) is 11.1 Å². The summed E-state index contributed by atoms with van der Waals surface area (Å²) in [7, 11) is -3.94. The molecule has 2 aliphatic rings. The Hall–Kier alpha value is -2.57. The van der Waals surface area contributed by atoms with Crippen LogP contribution in [0.15, 0.2) is 65.6 Å². The molecule has 1 N–H and O–H groups in total. The SMILES string of the molecule is O=S(=O)(Oc1ccc2c(c1)C1CCNCC1O2)c1cccc2ccccc12. The molecule has 6 heteroatoms. The van der Waals surface area contributed by atoms with Crippen molar-refractivity contribution in [2.75, 3.05) is 13.1 Å². The van der Waals surface area contributed by atoms with Crippen LogP contribution in [0.2, 0.25) is 0 Å². The molecule has 0 radical (unpaired) electrons. The van der Waals surface area contributed by atoms with Crippen molar-refractivity contribution in [2.24, 2.45) is 0 Å². The third kappa shape index (κ3) is 2.85. The molecule has 3 aromatic rings. The lowest BCUT2D eigenvalue weighted by atomic mass is 9.90. The van der Waals surface area contributed by atoms with Gasteiger partial charge in [0.05, 0.1) is 0 Å². The van der Waals surface area contributed by atoms with E-state index in [1.807, 2.05) is 36.4 Å². The first-order valence-corrected chi connectivity index (χ1v) is 10.5. The van der Waals surface area contributed by atoms with E-state index < -0.39 is 10.1 Å². The van der Waals surface area contributed by atoms with Crippen molar-refractivity contribution in [3.05, 3.63) is 66.2 Å². The number of rotatable bonds is 3. The molecule has 2 aliphatic heterocycles. The van der Waals surface area contributed by atoms with Gasteiger partial charge in [-0.05, 0) is 42.6 Å². The fourth-order valence-electron chi connectivity index (χ4n) is 4.03. The summed E-state index contributed by atoms with van der Waals surface area (Å²) >= 11 is 0. The van der Waals surface area contributed by atoms with Crippen molar-refractivity contribution < 1.29 is 17.3 Å². The van der Waals surface area contributed by atoms with Crippen LogP contribution in [-0.2, 0) is 10.1 Å². The van der Waals surface area contributed by atoms with E-state index in [9.17, 15) is 8.42 Å². The van der Waals surface area contributed by atoms with E-state index in [-0.39, 0.29) is 16.9 Å². The molecule has 27 heavy (non-hydrogen) atoms. The molecule has 5 nitrogen and oxygen atoms in total. The highest BCUT2D eigenvalue weighted by molar-refractivity contribution is 7.87. The quantitative estimate of drug-likeness (QED) is 0.704. The van der Waals surface area contributed by atoms with Gasteiger partial charge in [-0.3, -0.25) is 0 Å². The number of benzene rings is 3. The highest BCUT2D eigenvalue weighted by Crippen LogP contribution is 2.43. The fourth-order valence-corrected chi connectivity index (χ4v) is 5.18. The third-order valence-electron chi connectivity index (χ3n) is 5.31. The lowest BCUT2D eigenvalue weighted by Crippen LogP contribution is -2.39. The molecule has 1 saturated heterocycles. The first-order chi connectivity index (χ1) is 13.1. The smallest absolute Gasteiger partial charge is 0.339 e. The van der Waals surface area contributed by atoms with Gasteiger partial charge in [-0.1, -0.05) is 36.4 Å². The molecule has 0 bridgehead atoms. The summed E-state index contributed by atoms with van der Waals surface area (Å²) in [4.78, 5) is 0.178. The van der Waals surface area contributed by atoms with E-state index >= 15 is 0 Å². The first-order valence-electron chi connectivity index (χ1n) is 9.05. The molecule has 2 unspecified atom stereocenters. The summed E-state index contributed by atoms with van der Waals surface area (Å²) in [6.45, 7) is 1.74. The topological polar surface area (TPSA) is 64.6 Å². The van der Waals surface area contributed by atoms with E-state index in [0.717, 1.165) is 36.2 Å². The van der Waals surface area contributed by atoms with Crippen LogP contribution in [0.4, 0.5) is 0 Å². The van der Waals surface area contributed by atoms with Gasteiger partial charge in [-0.15, -0.1) is 0 Å². The van der Waals surface area contributed by atoms with Crippen LogP contribution in [0.3, 0.4) is 0 Å². The maximum absolute atomic E-state index is 12.9. The van der Waals surface area contributed by atoms with Crippen molar-refractivity contribution in [1.29, 1.82) is 0 Å². The summed E-state index contributed by atoms with van der Waals surface area (Å²) in [5.41, 5.74) is 1.03. The second-order valence-electron chi connectivity index (χ2n) is 6.97. The number of nitrogens with one attached hydrogen (secondary N) is 1. The standard InChI is InChI=1S/C21H19NO4S/c23-27(24,21-7-3-5-14-4-1-2-6-16(14)21)26-15-8-9-19-18(12-15)17-10-11-22-13-20(17)25-19/h1-9,12,17,20,22H,10-11,13H2. The number of fused-ring (bicyclic) bond motifs is 4. The van der Waals surface area contributed by atoms with Gasteiger partial charge >= 0.3 is 10.1 Å². The largest absolute Gasteiger partial charge is 0.488 e. The lowest BCUT2D eigenvalue weighted by Gasteiger charge is -2.24. The van der Waals surface area contributed by atoms with Crippen molar-refractivity contribution in [1.82, 2.24) is 5.32 Å². The van der Waals surface area contributed by atoms with Gasteiger partial charge in [0.2, 0.25) is 0 Å². The number of hydrogen-bond acceptors (Lipinski definition) is 5. The van der Waals surface area contributed by atoms with Crippen molar-refractivity contribution in [2.45, 2.75) is 23.3 Å². The van der Waals surface area contributed by atoms with Gasteiger partial charge in [-0.25, -0.2) is 0 Å². The summed E-state index contributed by atoms with van der Waals surface area (Å²) in [5.74, 6) is 1.43. The average Bonchev–Trinajstić information content (AvgIpc) is 3.05. The minimum Gasteiger partial charge on any atom is -0.488 e. The Morgan fingerprint density at radius 3 is 2.81 bits per heavy atom. The predicted octanol–water partition coefficient (Wildman–Crippen LogP) is 3.45. The molecular formula is C21H19NO4S. The predicted molar refractivity (Wildman–Crippen MR) is 103 cm³/mol. The average molecular weight is 381 g/mol. The maximum atomic E-state index is 12.9. The molecule has 2 heterocycles. The van der Waals surface area contributed by atoms with Gasteiger partial charge in [0, 0.05) is 23.4 Å². The minimum atomic E-state index is -3.94. The zero-order valence-electron chi connectivity index (χ0n) is 14.6. The van der Waals surface area contributed by atoms with Crippen molar-refractivity contribution in [3.8, 4) is 11.5 Å². The van der Waals surface area contributed by atoms with Gasteiger partial charge in [0.1, 0.15) is 22.5 Å². The molecule has 0 saturated carbocycles. The van der Waals surface area contributed by atoms with Crippen LogP contribution < -0.4 is 14.2 Å².